The minimum Gasteiger partial charge on any atom is -0.258 e. The Hall–Kier alpha value is -2.04. The number of nitro benzene ring substituents is 1. The molecule has 90 valence electrons. The molecule has 6 heteroatoms. The van der Waals surface area contributed by atoms with E-state index < -0.39 is 4.92 Å². The fourth-order valence-electron chi connectivity index (χ4n) is 1.92. The first-order chi connectivity index (χ1) is 8.27. The average molecular weight is 281 g/mol. The van der Waals surface area contributed by atoms with Crippen molar-refractivity contribution in [2.75, 3.05) is 0 Å². The van der Waals surface area contributed by atoms with Gasteiger partial charge in [0.15, 0.2) is 0 Å². The van der Waals surface area contributed by atoms with Gasteiger partial charge in [0, 0.05) is 40.9 Å². The minimum absolute atomic E-state index is 0. The minimum atomic E-state index is -0.405. The molecular weight excluding hydrogens is 274 g/mol. The number of fused-ring (bicyclic) bond motifs is 3. The molecule has 2 aromatic heterocycles. The van der Waals surface area contributed by atoms with Crippen molar-refractivity contribution >= 4 is 27.5 Å². The van der Waals surface area contributed by atoms with E-state index in [0.717, 1.165) is 5.39 Å². The number of hydrogen-bond donors (Lipinski definition) is 0. The van der Waals surface area contributed by atoms with Crippen LogP contribution in [0.25, 0.3) is 21.8 Å². The van der Waals surface area contributed by atoms with Crippen LogP contribution in [-0.2, 0) is 17.1 Å². The van der Waals surface area contributed by atoms with Crippen molar-refractivity contribution in [1.29, 1.82) is 0 Å². The average Bonchev–Trinajstić information content (AvgIpc) is 2.37. The Balaban J connectivity index is 0.00000120. The van der Waals surface area contributed by atoms with Crippen LogP contribution >= 0.6 is 0 Å². The molecule has 0 aliphatic carbocycles. The third-order valence-corrected chi connectivity index (χ3v) is 2.65. The normalized spacial score (nSPS) is 10.2. The number of aromatic nitrogens is 2. The summed E-state index contributed by atoms with van der Waals surface area (Å²) in [7, 11) is 0. The molecule has 0 spiro atoms. The fourth-order valence-corrected chi connectivity index (χ4v) is 1.92. The van der Waals surface area contributed by atoms with Crippen LogP contribution in [-0.4, -0.2) is 14.9 Å². The van der Waals surface area contributed by atoms with Crippen molar-refractivity contribution in [3.05, 3.63) is 52.8 Å². The van der Waals surface area contributed by atoms with Gasteiger partial charge in [0.2, 0.25) is 0 Å². The van der Waals surface area contributed by atoms with Crippen LogP contribution in [0.2, 0.25) is 0 Å². The van der Waals surface area contributed by atoms with E-state index in [0.29, 0.717) is 16.4 Å². The molecular formula is C12H7FeN3O2. The van der Waals surface area contributed by atoms with E-state index in [9.17, 15) is 10.1 Å². The molecule has 0 saturated carbocycles. The number of rotatable bonds is 1. The summed E-state index contributed by atoms with van der Waals surface area (Å²) >= 11 is 0. The second-order valence-electron chi connectivity index (χ2n) is 3.62. The Morgan fingerprint density at radius 1 is 1.06 bits per heavy atom. The zero-order valence-corrected chi connectivity index (χ0v) is 10.2. The van der Waals surface area contributed by atoms with Crippen LogP contribution in [0.5, 0.6) is 0 Å². The maximum atomic E-state index is 11.0. The first-order valence-electron chi connectivity index (χ1n) is 5.04. The predicted octanol–water partition coefficient (Wildman–Crippen LogP) is 2.69. The van der Waals surface area contributed by atoms with Gasteiger partial charge in [-0.3, -0.25) is 20.1 Å². The van der Waals surface area contributed by atoms with Gasteiger partial charge in [0.25, 0.3) is 5.69 Å². The van der Waals surface area contributed by atoms with Gasteiger partial charge in [0.1, 0.15) is 0 Å². The predicted molar refractivity (Wildman–Crippen MR) is 63.7 cm³/mol. The van der Waals surface area contributed by atoms with E-state index in [2.05, 4.69) is 9.97 Å². The van der Waals surface area contributed by atoms with Crippen LogP contribution in [0.1, 0.15) is 0 Å². The number of pyridine rings is 2. The molecule has 2 heterocycles. The van der Waals surface area contributed by atoms with E-state index in [1.807, 2.05) is 6.07 Å². The van der Waals surface area contributed by atoms with Crippen molar-refractivity contribution in [2.45, 2.75) is 0 Å². The van der Waals surface area contributed by atoms with Gasteiger partial charge in [-0.2, -0.15) is 0 Å². The van der Waals surface area contributed by atoms with E-state index in [-0.39, 0.29) is 22.8 Å². The van der Waals surface area contributed by atoms with Gasteiger partial charge in [0.05, 0.1) is 21.3 Å². The van der Waals surface area contributed by atoms with Crippen molar-refractivity contribution < 1.29 is 22.0 Å². The second kappa shape index (κ2) is 4.68. The van der Waals surface area contributed by atoms with Crippen LogP contribution in [0.4, 0.5) is 5.69 Å². The summed E-state index contributed by atoms with van der Waals surface area (Å²) in [4.78, 5) is 18.9. The zero-order valence-electron chi connectivity index (χ0n) is 9.05. The summed E-state index contributed by atoms with van der Waals surface area (Å²) < 4.78 is 0. The van der Waals surface area contributed by atoms with E-state index in [4.69, 9.17) is 0 Å². The standard InChI is InChI=1S/C12H7N3O2.Fe/c16-15(17)11-7-10-8(3-1-5-13-10)12-9(11)4-2-6-14-12;/h1-7H;. The molecule has 18 heavy (non-hydrogen) atoms. The summed E-state index contributed by atoms with van der Waals surface area (Å²) in [5.41, 5.74) is 1.24. The summed E-state index contributed by atoms with van der Waals surface area (Å²) in [6.07, 6.45) is 3.24. The Labute approximate surface area is 112 Å². The van der Waals surface area contributed by atoms with Gasteiger partial charge in [-0.1, -0.05) is 0 Å². The number of nitro groups is 1. The van der Waals surface area contributed by atoms with Gasteiger partial charge in [-0.25, -0.2) is 0 Å². The molecule has 0 aliphatic rings. The van der Waals surface area contributed by atoms with Crippen molar-refractivity contribution in [3.63, 3.8) is 0 Å². The summed E-state index contributed by atoms with van der Waals surface area (Å²) in [6.45, 7) is 0. The number of benzene rings is 1. The molecule has 0 fully saturated rings. The molecule has 1 aromatic carbocycles. The van der Waals surface area contributed by atoms with Crippen molar-refractivity contribution in [1.82, 2.24) is 9.97 Å². The monoisotopic (exact) mass is 281 g/mol. The molecule has 0 atom stereocenters. The van der Waals surface area contributed by atoms with E-state index in [1.54, 1.807) is 30.6 Å². The first kappa shape index (κ1) is 12.4. The van der Waals surface area contributed by atoms with Gasteiger partial charge in [-0.15, -0.1) is 0 Å². The topological polar surface area (TPSA) is 68.9 Å². The molecule has 0 radical (unpaired) electrons. The fraction of sp³-hybridized carbons (Fsp3) is 0. The summed E-state index contributed by atoms with van der Waals surface area (Å²) in [5.74, 6) is 0. The molecule has 0 saturated heterocycles. The molecule has 3 rings (SSSR count). The maximum absolute atomic E-state index is 11.0. The van der Waals surface area contributed by atoms with Gasteiger partial charge in [-0.05, 0) is 24.3 Å². The smallest absolute Gasteiger partial charge is 0.258 e. The van der Waals surface area contributed by atoms with Crippen LogP contribution < -0.4 is 0 Å². The maximum Gasteiger partial charge on any atom is 0.280 e. The number of hydrogen-bond acceptors (Lipinski definition) is 4. The van der Waals surface area contributed by atoms with Crippen molar-refractivity contribution in [3.8, 4) is 0 Å². The SMILES string of the molecule is O=[N+]([O-])c1cc2ncccc2c2ncccc12.[Fe]. The Morgan fingerprint density at radius 3 is 2.44 bits per heavy atom. The van der Waals surface area contributed by atoms with E-state index >= 15 is 0 Å². The first-order valence-corrected chi connectivity index (χ1v) is 5.04. The van der Waals surface area contributed by atoms with Crippen molar-refractivity contribution in [2.24, 2.45) is 0 Å². The number of non-ortho nitro benzene ring substituents is 1. The molecule has 0 amide bonds. The van der Waals surface area contributed by atoms with Crippen LogP contribution in [0.15, 0.2) is 42.7 Å². The Morgan fingerprint density at radius 2 is 1.72 bits per heavy atom. The van der Waals surface area contributed by atoms with Crippen LogP contribution in [0, 0.1) is 10.1 Å². The Kier molecular flexibility index (Phi) is 3.23. The molecule has 0 unspecified atom stereocenters. The third kappa shape index (κ3) is 1.81. The molecule has 3 aromatic rings. The summed E-state index contributed by atoms with van der Waals surface area (Å²) in [5, 5.41) is 12.4. The second-order valence-corrected chi connectivity index (χ2v) is 3.62. The van der Waals surface area contributed by atoms with Gasteiger partial charge < -0.3 is 0 Å². The van der Waals surface area contributed by atoms with Crippen LogP contribution in [0.3, 0.4) is 0 Å². The molecule has 0 aliphatic heterocycles. The molecule has 0 bridgehead atoms. The zero-order chi connectivity index (χ0) is 11.8. The molecule has 5 nitrogen and oxygen atoms in total. The summed E-state index contributed by atoms with van der Waals surface area (Å²) in [6, 6.07) is 8.54. The largest absolute Gasteiger partial charge is 0.280 e. The number of nitrogens with zero attached hydrogens (tertiary/aromatic N) is 3. The van der Waals surface area contributed by atoms with Gasteiger partial charge >= 0.3 is 0 Å². The third-order valence-electron chi connectivity index (χ3n) is 2.65. The molecule has 0 N–H and O–H groups in total. The quantitative estimate of drug-likeness (QED) is 0.297. The van der Waals surface area contributed by atoms with E-state index in [1.165, 1.54) is 6.07 Å². The Bertz CT molecular complexity index is 746.